The van der Waals surface area contributed by atoms with E-state index in [9.17, 15) is 9.18 Å². The molecule has 0 spiro atoms. The number of benzene rings is 1. The third-order valence-electron chi connectivity index (χ3n) is 3.47. The average Bonchev–Trinajstić information content (AvgIpc) is 2.39. The molecule has 0 fully saturated rings. The van der Waals surface area contributed by atoms with E-state index in [0.29, 0.717) is 0 Å². The summed E-state index contributed by atoms with van der Waals surface area (Å²) in [4.78, 5) is 11.5. The second-order valence-corrected chi connectivity index (χ2v) is 5.54. The zero-order valence-corrected chi connectivity index (χ0v) is 12.5. The van der Waals surface area contributed by atoms with Gasteiger partial charge in [-0.05, 0) is 30.0 Å². The Hall–Kier alpha value is -1.42. The molecule has 20 heavy (non-hydrogen) atoms. The van der Waals surface area contributed by atoms with Gasteiger partial charge in [0.15, 0.2) is 0 Å². The lowest BCUT2D eigenvalue weighted by molar-refractivity contribution is -0.121. The molecule has 0 aliphatic heterocycles. The van der Waals surface area contributed by atoms with Crippen molar-refractivity contribution >= 4 is 5.91 Å². The molecule has 1 aromatic rings. The normalized spacial score (nSPS) is 14.2. The van der Waals surface area contributed by atoms with Gasteiger partial charge in [-0.2, -0.15) is 0 Å². The molecule has 2 atom stereocenters. The van der Waals surface area contributed by atoms with Crippen LogP contribution in [-0.4, -0.2) is 11.9 Å². The van der Waals surface area contributed by atoms with Gasteiger partial charge in [0.2, 0.25) is 5.91 Å². The van der Waals surface area contributed by atoms with E-state index in [1.807, 2.05) is 13.8 Å². The smallest absolute Gasteiger partial charge is 0.234 e. The van der Waals surface area contributed by atoms with Crippen molar-refractivity contribution in [2.45, 2.75) is 52.1 Å². The molecule has 4 heteroatoms. The molecule has 0 aliphatic carbocycles. The van der Waals surface area contributed by atoms with Crippen molar-refractivity contribution < 1.29 is 9.18 Å². The summed E-state index contributed by atoms with van der Waals surface area (Å²) < 4.78 is 13.0. The van der Waals surface area contributed by atoms with E-state index in [0.717, 1.165) is 24.8 Å². The number of unbranched alkanes of at least 4 members (excludes halogenated alkanes) is 1. The van der Waals surface area contributed by atoms with E-state index in [1.54, 1.807) is 12.1 Å². The molecule has 1 aromatic carbocycles. The second kappa shape index (κ2) is 8.00. The number of nitrogens with one attached hydrogen (secondary N) is 1. The molecule has 2 unspecified atom stereocenters. The second-order valence-electron chi connectivity index (χ2n) is 5.54. The molecule has 112 valence electrons. The molecule has 3 N–H and O–H groups in total. The first-order valence-electron chi connectivity index (χ1n) is 7.26. The molecular formula is C16H25FN2O. The molecule has 0 saturated carbocycles. The number of nitrogens with two attached hydrogens (primary N) is 1. The Balaban J connectivity index is 2.88. The fourth-order valence-electron chi connectivity index (χ4n) is 2.27. The maximum Gasteiger partial charge on any atom is 0.234 e. The summed E-state index contributed by atoms with van der Waals surface area (Å²) in [6.45, 7) is 6.05. The van der Waals surface area contributed by atoms with Gasteiger partial charge in [-0.1, -0.05) is 45.7 Å². The first-order chi connectivity index (χ1) is 9.45. The van der Waals surface area contributed by atoms with Crippen LogP contribution in [0.5, 0.6) is 0 Å². The van der Waals surface area contributed by atoms with Crippen LogP contribution in [0.15, 0.2) is 24.3 Å². The van der Waals surface area contributed by atoms with Crippen molar-refractivity contribution in [2.24, 2.45) is 11.7 Å². The van der Waals surface area contributed by atoms with Crippen molar-refractivity contribution in [2.75, 3.05) is 0 Å². The SMILES string of the molecule is CCCCC(NC(C(N)=O)C(C)C)c1ccc(F)cc1. The number of amides is 1. The van der Waals surface area contributed by atoms with Gasteiger partial charge in [-0.15, -0.1) is 0 Å². The predicted molar refractivity (Wildman–Crippen MR) is 79.6 cm³/mol. The van der Waals surface area contributed by atoms with E-state index in [1.165, 1.54) is 12.1 Å². The highest BCUT2D eigenvalue weighted by Gasteiger charge is 2.23. The summed E-state index contributed by atoms with van der Waals surface area (Å²) in [5.74, 6) is -0.473. The van der Waals surface area contributed by atoms with E-state index < -0.39 is 0 Å². The first kappa shape index (κ1) is 16.6. The number of carbonyl (C=O) groups is 1. The third kappa shape index (κ3) is 4.93. The number of carbonyl (C=O) groups excluding carboxylic acids is 1. The quantitative estimate of drug-likeness (QED) is 0.768. The molecule has 0 heterocycles. The Bertz CT molecular complexity index is 417. The minimum absolute atomic E-state index is 0.0236. The van der Waals surface area contributed by atoms with E-state index in [2.05, 4.69) is 12.2 Å². The largest absolute Gasteiger partial charge is 0.368 e. The summed E-state index contributed by atoms with van der Waals surface area (Å²) in [5.41, 5.74) is 6.45. The van der Waals surface area contributed by atoms with Crippen molar-refractivity contribution in [3.63, 3.8) is 0 Å². The summed E-state index contributed by atoms with van der Waals surface area (Å²) in [7, 11) is 0. The van der Waals surface area contributed by atoms with Crippen molar-refractivity contribution in [1.82, 2.24) is 5.32 Å². The van der Waals surface area contributed by atoms with Gasteiger partial charge in [-0.3, -0.25) is 10.1 Å². The van der Waals surface area contributed by atoms with Crippen LogP contribution < -0.4 is 11.1 Å². The topological polar surface area (TPSA) is 55.1 Å². The maximum atomic E-state index is 13.0. The van der Waals surface area contributed by atoms with Gasteiger partial charge in [0.05, 0.1) is 6.04 Å². The number of hydrogen-bond donors (Lipinski definition) is 2. The van der Waals surface area contributed by atoms with Crippen LogP contribution in [0.25, 0.3) is 0 Å². The lowest BCUT2D eigenvalue weighted by atomic mass is 9.96. The highest BCUT2D eigenvalue weighted by molar-refractivity contribution is 5.80. The first-order valence-corrected chi connectivity index (χ1v) is 7.26. The van der Waals surface area contributed by atoms with E-state index in [4.69, 9.17) is 5.73 Å². The number of hydrogen-bond acceptors (Lipinski definition) is 2. The van der Waals surface area contributed by atoms with Crippen LogP contribution in [0, 0.1) is 11.7 Å². The molecule has 1 amide bonds. The van der Waals surface area contributed by atoms with E-state index in [-0.39, 0.29) is 29.7 Å². The molecule has 0 saturated heterocycles. The summed E-state index contributed by atoms with van der Waals surface area (Å²) in [6, 6.07) is 6.08. The van der Waals surface area contributed by atoms with Gasteiger partial charge >= 0.3 is 0 Å². The molecule has 0 bridgehead atoms. The predicted octanol–water partition coefficient (Wildman–Crippen LogP) is 3.16. The van der Waals surface area contributed by atoms with Crippen LogP contribution in [0.3, 0.4) is 0 Å². The van der Waals surface area contributed by atoms with Gasteiger partial charge in [0.1, 0.15) is 5.82 Å². The van der Waals surface area contributed by atoms with Gasteiger partial charge < -0.3 is 5.73 Å². The van der Waals surface area contributed by atoms with Crippen LogP contribution in [0.2, 0.25) is 0 Å². The Morgan fingerprint density at radius 1 is 1.30 bits per heavy atom. The Labute approximate surface area is 120 Å². The van der Waals surface area contributed by atoms with Gasteiger partial charge in [0, 0.05) is 6.04 Å². The summed E-state index contributed by atoms with van der Waals surface area (Å²) in [6.07, 6.45) is 3.01. The minimum Gasteiger partial charge on any atom is -0.368 e. The van der Waals surface area contributed by atoms with Crippen molar-refractivity contribution in [3.8, 4) is 0 Å². The van der Waals surface area contributed by atoms with Crippen LogP contribution in [0.4, 0.5) is 4.39 Å². The van der Waals surface area contributed by atoms with Gasteiger partial charge in [0.25, 0.3) is 0 Å². The monoisotopic (exact) mass is 280 g/mol. The lowest BCUT2D eigenvalue weighted by Gasteiger charge is -2.26. The Kier molecular flexibility index (Phi) is 6.65. The lowest BCUT2D eigenvalue weighted by Crippen LogP contribution is -2.46. The van der Waals surface area contributed by atoms with Crippen LogP contribution >= 0.6 is 0 Å². The van der Waals surface area contributed by atoms with E-state index >= 15 is 0 Å². The number of rotatable bonds is 8. The molecule has 3 nitrogen and oxygen atoms in total. The van der Waals surface area contributed by atoms with Crippen LogP contribution in [0.1, 0.15) is 51.6 Å². The van der Waals surface area contributed by atoms with Crippen LogP contribution in [-0.2, 0) is 4.79 Å². The fourth-order valence-corrected chi connectivity index (χ4v) is 2.27. The average molecular weight is 280 g/mol. The highest BCUT2D eigenvalue weighted by Crippen LogP contribution is 2.21. The van der Waals surface area contributed by atoms with Crippen molar-refractivity contribution in [1.29, 1.82) is 0 Å². The minimum atomic E-state index is -0.373. The summed E-state index contributed by atoms with van der Waals surface area (Å²) in [5, 5.41) is 3.33. The molecule has 0 aromatic heterocycles. The zero-order valence-electron chi connectivity index (χ0n) is 12.5. The number of primary amides is 1. The highest BCUT2D eigenvalue weighted by atomic mass is 19.1. The third-order valence-corrected chi connectivity index (χ3v) is 3.47. The fraction of sp³-hybridized carbons (Fsp3) is 0.562. The standard InChI is InChI=1S/C16H25FN2O/c1-4-5-6-14(12-7-9-13(17)10-8-12)19-15(11(2)3)16(18)20/h7-11,14-15,19H,4-6H2,1-3H3,(H2,18,20). The molecule has 1 rings (SSSR count). The molecular weight excluding hydrogens is 255 g/mol. The molecule has 0 radical (unpaired) electrons. The van der Waals surface area contributed by atoms with Gasteiger partial charge in [-0.25, -0.2) is 4.39 Å². The molecule has 0 aliphatic rings. The number of halogens is 1. The zero-order chi connectivity index (χ0) is 15.1. The Morgan fingerprint density at radius 2 is 1.90 bits per heavy atom. The van der Waals surface area contributed by atoms with Crippen molar-refractivity contribution in [3.05, 3.63) is 35.6 Å². The summed E-state index contributed by atoms with van der Waals surface area (Å²) >= 11 is 0. The maximum absolute atomic E-state index is 13.0. The Morgan fingerprint density at radius 3 is 2.35 bits per heavy atom.